The molecule has 2 atom stereocenters. The number of esters is 2. The molecule has 0 N–H and O–H groups in total. The average molecular weight is 576 g/mol. The fourth-order valence-electron chi connectivity index (χ4n) is 3.31. The van der Waals surface area contributed by atoms with Gasteiger partial charge in [0.05, 0.1) is 27.7 Å². The second-order valence-corrected chi connectivity index (χ2v) is 12.2. The van der Waals surface area contributed by atoms with Gasteiger partial charge in [-0.1, -0.05) is 70.3 Å². The van der Waals surface area contributed by atoms with E-state index < -0.39 is 32.5 Å². The summed E-state index contributed by atoms with van der Waals surface area (Å²) in [4.78, 5) is 36.4. The first kappa shape index (κ1) is 37.5. The van der Waals surface area contributed by atoms with Crippen molar-refractivity contribution in [2.45, 2.75) is 103 Å². The minimum absolute atomic E-state index is 0.0343. The van der Waals surface area contributed by atoms with Crippen molar-refractivity contribution in [1.82, 2.24) is 0 Å². The number of hydrogen-bond acceptors (Lipinski definition) is 8. The highest BCUT2D eigenvalue weighted by Gasteiger charge is 2.21. The number of rotatable bonds is 25. The number of quaternary nitrogens is 1. The molecular formula is C29H54NO8P. The van der Waals surface area contributed by atoms with Crippen molar-refractivity contribution < 1.29 is 42.1 Å². The summed E-state index contributed by atoms with van der Waals surface area (Å²) in [6.45, 7) is 3.82. The first-order chi connectivity index (χ1) is 18.5. The molecule has 9 nitrogen and oxygen atoms in total. The van der Waals surface area contributed by atoms with E-state index in [-0.39, 0.29) is 26.1 Å². The Balaban J connectivity index is 4.40. The van der Waals surface area contributed by atoms with Crippen molar-refractivity contribution in [3.05, 3.63) is 24.3 Å². The van der Waals surface area contributed by atoms with Gasteiger partial charge in [-0.15, -0.1) is 0 Å². The number of hydrogen-bond donors (Lipinski definition) is 0. The van der Waals surface area contributed by atoms with Gasteiger partial charge in [-0.25, -0.2) is 0 Å². The average Bonchev–Trinajstić information content (AvgIpc) is 2.86. The third-order valence-corrected chi connectivity index (χ3v) is 6.67. The third kappa shape index (κ3) is 26.5. The molecule has 0 aromatic heterocycles. The number of likely N-dealkylation sites (N-methyl/N-ethyl adjacent to an activating group) is 1. The van der Waals surface area contributed by atoms with Crippen LogP contribution in [-0.2, 0) is 32.7 Å². The van der Waals surface area contributed by atoms with Crippen molar-refractivity contribution in [1.29, 1.82) is 0 Å². The Morgan fingerprint density at radius 2 is 1.44 bits per heavy atom. The molecule has 0 amide bonds. The normalized spacial score (nSPS) is 14.5. The second kappa shape index (κ2) is 23.2. The molecule has 10 heteroatoms. The van der Waals surface area contributed by atoms with Gasteiger partial charge >= 0.3 is 11.9 Å². The van der Waals surface area contributed by atoms with Gasteiger partial charge in [0.2, 0.25) is 0 Å². The van der Waals surface area contributed by atoms with Gasteiger partial charge in [0.1, 0.15) is 19.8 Å². The van der Waals surface area contributed by atoms with Crippen molar-refractivity contribution in [3.63, 3.8) is 0 Å². The third-order valence-electron chi connectivity index (χ3n) is 5.71. The van der Waals surface area contributed by atoms with Crippen LogP contribution in [0.25, 0.3) is 0 Å². The topological polar surface area (TPSA) is 111 Å². The van der Waals surface area contributed by atoms with E-state index in [2.05, 4.69) is 31.2 Å². The van der Waals surface area contributed by atoms with Gasteiger partial charge in [-0.05, 0) is 38.5 Å². The van der Waals surface area contributed by atoms with E-state index in [9.17, 15) is 19.0 Å². The summed E-state index contributed by atoms with van der Waals surface area (Å²) < 4.78 is 33.1. The number of phosphoric acid groups is 1. The molecule has 0 aliphatic heterocycles. The maximum Gasteiger partial charge on any atom is 0.306 e. The minimum Gasteiger partial charge on any atom is -0.756 e. The van der Waals surface area contributed by atoms with Crippen molar-refractivity contribution in [2.75, 3.05) is 47.5 Å². The zero-order chi connectivity index (χ0) is 29.4. The first-order valence-electron chi connectivity index (χ1n) is 14.5. The monoisotopic (exact) mass is 575 g/mol. The summed E-state index contributed by atoms with van der Waals surface area (Å²) in [5.41, 5.74) is 0. The van der Waals surface area contributed by atoms with Crippen LogP contribution in [0.15, 0.2) is 24.3 Å². The van der Waals surface area contributed by atoms with Crippen LogP contribution in [-0.4, -0.2) is 70.0 Å². The molecule has 0 heterocycles. The molecular weight excluding hydrogens is 521 g/mol. The van der Waals surface area contributed by atoms with Crippen LogP contribution in [0.2, 0.25) is 0 Å². The number of unbranched alkanes of at least 4 members (excludes halogenated alkanes) is 7. The van der Waals surface area contributed by atoms with Gasteiger partial charge in [0.25, 0.3) is 7.82 Å². The molecule has 2 unspecified atom stereocenters. The van der Waals surface area contributed by atoms with Crippen LogP contribution in [0.3, 0.4) is 0 Å². The molecule has 0 spiro atoms. The summed E-state index contributed by atoms with van der Waals surface area (Å²) in [5.74, 6) is -0.899. The summed E-state index contributed by atoms with van der Waals surface area (Å²) >= 11 is 0. The van der Waals surface area contributed by atoms with Gasteiger partial charge in [0.15, 0.2) is 6.10 Å². The number of allylic oxidation sites excluding steroid dienone is 4. The van der Waals surface area contributed by atoms with Crippen LogP contribution >= 0.6 is 7.82 Å². The number of carbonyl (C=O) groups excluding carboxylic acids is 2. The first-order valence-corrected chi connectivity index (χ1v) is 16.0. The lowest BCUT2D eigenvalue weighted by atomic mass is 10.1. The predicted octanol–water partition coefficient (Wildman–Crippen LogP) is 5.87. The molecule has 0 fully saturated rings. The van der Waals surface area contributed by atoms with Crippen molar-refractivity contribution in [2.24, 2.45) is 0 Å². The fourth-order valence-corrected chi connectivity index (χ4v) is 4.04. The van der Waals surface area contributed by atoms with E-state index in [4.69, 9.17) is 18.5 Å². The Morgan fingerprint density at radius 1 is 0.795 bits per heavy atom. The Hall–Kier alpha value is -1.51. The zero-order valence-corrected chi connectivity index (χ0v) is 26.0. The number of ether oxygens (including phenoxy) is 2. The largest absolute Gasteiger partial charge is 0.756 e. The SMILES string of the molecule is CCC/C=C\C/C=C\CCCCCCCC(=O)OC(COC(=O)CCCC)COP(=O)([O-])OCC[N+](C)(C)C. The molecule has 0 radical (unpaired) electrons. The second-order valence-electron chi connectivity index (χ2n) is 10.8. The highest BCUT2D eigenvalue weighted by Crippen LogP contribution is 2.38. The van der Waals surface area contributed by atoms with Crippen molar-refractivity contribution in [3.8, 4) is 0 Å². The molecule has 228 valence electrons. The highest BCUT2D eigenvalue weighted by molar-refractivity contribution is 7.45. The Morgan fingerprint density at radius 3 is 2.10 bits per heavy atom. The molecule has 0 saturated heterocycles. The summed E-state index contributed by atoms with van der Waals surface area (Å²) in [6, 6.07) is 0. The van der Waals surface area contributed by atoms with Crippen molar-refractivity contribution >= 4 is 19.8 Å². The Bertz CT molecular complexity index is 748. The smallest absolute Gasteiger partial charge is 0.306 e. The quantitative estimate of drug-likeness (QED) is 0.0437. The molecule has 0 aromatic carbocycles. The molecule has 0 aromatic rings. The minimum atomic E-state index is -4.59. The van der Waals surface area contributed by atoms with E-state index in [0.717, 1.165) is 51.4 Å². The molecule has 0 bridgehead atoms. The van der Waals surface area contributed by atoms with E-state index in [0.29, 0.717) is 23.9 Å². The van der Waals surface area contributed by atoms with E-state index in [1.54, 1.807) is 0 Å². The van der Waals surface area contributed by atoms with E-state index in [1.807, 2.05) is 28.1 Å². The molecule has 0 aliphatic rings. The summed E-state index contributed by atoms with van der Waals surface area (Å²) in [5, 5.41) is 0. The standard InChI is InChI=1S/C29H54NO8P/c1-6-8-10-11-12-13-14-15-16-17-18-19-20-22-29(32)38-27(25-35-28(31)21-9-7-2)26-37-39(33,34)36-24-23-30(3,4)5/h10-11,13-14,27H,6-9,12,15-26H2,1-5H3/b11-10-,14-13-. The predicted molar refractivity (Wildman–Crippen MR) is 153 cm³/mol. The lowest BCUT2D eigenvalue weighted by Gasteiger charge is -2.28. The van der Waals surface area contributed by atoms with Gasteiger partial charge < -0.3 is 27.9 Å². The number of carbonyl (C=O) groups is 2. The highest BCUT2D eigenvalue weighted by atomic mass is 31.2. The maximum atomic E-state index is 12.4. The lowest BCUT2D eigenvalue weighted by molar-refractivity contribution is -0.870. The zero-order valence-electron chi connectivity index (χ0n) is 25.1. The van der Waals surface area contributed by atoms with Crippen LogP contribution < -0.4 is 4.89 Å². The van der Waals surface area contributed by atoms with Crippen LogP contribution in [0, 0.1) is 0 Å². The van der Waals surface area contributed by atoms with E-state index in [1.165, 1.54) is 6.42 Å². The summed E-state index contributed by atoms with van der Waals surface area (Å²) in [6.07, 6.45) is 19.0. The molecule has 0 rings (SSSR count). The molecule has 0 aliphatic carbocycles. The number of phosphoric ester groups is 1. The van der Waals surface area contributed by atoms with Gasteiger partial charge in [-0.2, -0.15) is 0 Å². The fraction of sp³-hybridized carbons (Fsp3) is 0.793. The van der Waals surface area contributed by atoms with Crippen LogP contribution in [0.5, 0.6) is 0 Å². The number of nitrogens with zero attached hydrogens (tertiary/aromatic N) is 1. The summed E-state index contributed by atoms with van der Waals surface area (Å²) in [7, 11) is 1.14. The Kier molecular flexibility index (Phi) is 22.3. The molecule has 0 saturated carbocycles. The molecule has 39 heavy (non-hydrogen) atoms. The van der Waals surface area contributed by atoms with Crippen LogP contribution in [0.1, 0.15) is 97.3 Å². The maximum absolute atomic E-state index is 12.4. The van der Waals surface area contributed by atoms with Gasteiger partial charge in [-0.3, -0.25) is 14.2 Å². The Labute approximate surface area is 237 Å². The van der Waals surface area contributed by atoms with Gasteiger partial charge in [0, 0.05) is 12.8 Å². The van der Waals surface area contributed by atoms with E-state index >= 15 is 0 Å². The lowest BCUT2D eigenvalue weighted by Crippen LogP contribution is -2.37. The van der Waals surface area contributed by atoms with Crippen LogP contribution in [0.4, 0.5) is 0 Å².